The third-order valence-corrected chi connectivity index (χ3v) is 7.04. The molecule has 1 aromatic heterocycles. The topological polar surface area (TPSA) is 80.5 Å². The van der Waals surface area contributed by atoms with Gasteiger partial charge in [0.2, 0.25) is 5.91 Å². The van der Waals surface area contributed by atoms with Gasteiger partial charge in [-0.05, 0) is 69.1 Å². The molecule has 210 valence electrons. The number of anilines is 2. The number of hydrogen-bond acceptors (Lipinski definition) is 5. The molecule has 1 aliphatic rings. The monoisotopic (exact) mass is 573 g/mol. The minimum Gasteiger partial charge on any atom is -0.343 e. The van der Waals surface area contributed by atoms with Crippen molar-refractivity contribution in [2.45, 2.75) is 45.3 Å². The summed E-state index contributed by atoms with van der Waals surface area (Å²) in [6.07, 6.45) is -1.57. The van der Waals surface area contributed by atoms with Gasteiger partial charge in [0, 0.05) is 33.0 Å². The number of thiocarbonyl (C=S) groups is 1. The van der Waals surface area contributed by atoms with Crippen molar-refractivity contribution in [3.8, 4) is 17.9 Å². The van der Waals surface area contributed by atoms with E-state index < -0.39 is 34.3 Å². The fourth-order valence-corrected chi connectivity index (χ4v) is 4.74. The van der Waals surface area contributed by atoms with Gasteiger partial charge in [0.1, 0.15) is 17.5 Å². The lowest BCUT2D eigenvalue weighted by molar-refractivity contribution is -0.140. The zero-order valence-electron chi connectivity index (χ0n) is 22.3. The predicted molar refractivity (Wildman–Crippen MR) is 146 cm³/mol. The van der Waals surface area contributed by atoms with Gasteiger partial charge in [-0.2, -0.15) is 18.4 Å². The second-order valence-electron chi connectivity index (χ2n) is 9.83. The van der Waals surface area contributed by atoms with Crippen LogP contribution >= 0.6 is 12.2 Å². The average molecular weight is 574 g/mol. The number of nitriles is 1. The summed E-state index contributed by atoms with van der Waals surface area (Å²) in [6.45, 7) is 5.91. The minimum absolute atomic E-state index is 0.0396. The number of carbonyl (C=O) groups excluding carboxylic acids is 2. The Morgan fingerprint density at radius 2 is 1.85 bits per heavy atom. The van der Waals surface area contributed by atoms with Crippen LogP contribution in [0.1, 0.15) is 50.4 Å². The Bertz CT molecular complexity index is 1400. The lowest BCUT2D eigenvalue weighted by atomic mass is 9.97. The minimum atomic E-state index is -5.11. The summed E-state index contributed by atoms with van der Waals surface area (Å²) in [7, 11) is 1.27. The highest BCUT2D eigenvalue weighted by atomic mass is 32.1. The maximum atomic E-state index is 15.1. The van der Waals surface area contributed by atoms with Crippen LogP contribution < -0.4 is 9.80 Å². The van der Waals surface area contributed by atoms with Gasteiger partial charge in [-0.15, -0.1) is 0 Å². The van der Waals surface area contributed by atoms with Crippen LogP contribution in [0.2, 0.25) is 0 Å². The van der Waals surface area contributed by atoms with Crippen molar-refractivity contribution in [3.63, 3.8) is 0 Å². The molecule has 0 radical (unpaired) electrons. The van der Waals surface area contributed by atoms with Gasteiger partial charge in [0.25, 0.3) is 0 Å². The molecular formula is C28H27F4N5O2S. The summed E-state index contributed by atoms with van der Waals surface area (Å²) >= 11 is 5.53. The molecule has 2 aromatic rings. The van der Waals surface area contributed by atoms with E-state index >= 15 is 4.39 Å². The normalized spacial score (nSPS) is 14.0. The van der Waals surface area contributed by atoms with Gasteiger partial charge in [-0.25, -0.2) is 9.37 Å². The summed E-state index contributed by atoms with van der Waals surface area (Å²) in [5.74, 6) is 4.69. The second-order valence-corrected chi connectivity index (χ2v) is 10.2. The summed E-state index contributed by atoms with van der Waals surface area (Å²) in [6, 6.07) is 6.48. The van der Waals surface area contributed by atoms with Crippen molar-refractivity contribution < 1.29 is 27.2 Å². The maximum Gasteiger partial charge on any atom is 0.420 e. The van der Waals surface area contributed by atoms with Crippen molar-refractivity contribution in [1.29, 1.82) is 5.26 Å². The van der Waals surface area contributed by atoms with E-state index in [1.54, 1.807) is 17.0 Å². The summed E-state index contributed by atoms with van der Waals surface area (Å²) in [4.78, 5) is 32.0. The van der Waals surface area contributed by atoms with E-state index in [9.17, 15) is 22.8 Å². The SMILES string of the molecule is CC(=O)N1CCC(C#Cc2ccc(N(C(=S)N(C)c3ccc(C#N)c(C(F)(F)F)c3F)C(C)(C)C=O)cn2)CC1. The molecule has 40 heavy (non-hydrogen) atoms. The number of likely N-dealkylation sites (tertiary alicyclic amines) is 1. The largest absolute Gasteiger partial charge is 0.420 e. The predicted octanol–water partition coefficient (Wildman–Crippen LogP) is 4.93. The fraction of sp³-hybridized carbons (Fsp3) is 0.393. The molecule has 0 aliphatic carbocycles. The number of aldehydes is 1. The van der Waals surface area contributed by atoms with Crippen LogP contribution in [0.15, 0.2) is 30.5 Å². The van der Waals surface area contributed by atoms with Crippen LogP contribution in [0.25, 0.3) is 0 Å². The number of benzene rings is 1. The van der Waals surface area contributed by atoms with Crippen molar-refractivity contribution in [2.75, 3.05) is 29.9 Å². The lowest BCUT2D eigenvalue weighted by Gasteiger charge is -2.39. The Hall–Kier alpha value is -4.03. The number of nitrogens with zero attached hydrogens (tertiary/aromatic N) is 5. The van der Waals surface area contributed by atoms with E-state index in [4.69, 9.17) is 17.5 Å². The van der Waals surface area contributed by atoms with E-state index in [-0.39, 0.29) is 16.9 Å². The summed E-state index contributed by atoms with van der Waals surface area (Å²) in [5.41, 5.74) is -3.58. The van der Waals surface area contributed by atoms with E-state index in [0.717, 1.165) is 29.9 Å². The van der Waals surface area contributed by atoms with E-state index in [1.165, 1.54) is 45.0 Å². The average Bonchev–Trinajstić information content (AvgIpc) is 2.91. The molecular weight excluding hydrogens is 546 g/mol. The third-order valence-electron chi connectivity index (χ3n) is 6.58. The number of piperidine rings is 1. The van der Waals surface area contributed by atoms with Gasteiger partial charge in [0.15, 0.2) is 10.9 Å². The highest BCUT2D eigenvalue weighted by Gasteiger charge is 2.40. The first-order valence-electron chi connectivity index (χ1n) is 12.3. The highest BCUT2D eigenvalue weighted by Crippen LogP contribution is 2.38. The molecule has 0 atom stereocenters. The van der Waals surface area contributed by atoms with Crippen molar-refractivity contribution in [3.05, 3.63) is 53.1 Å². The van der Waals surface area contributed by atoms with E-state index in [1.807, 2.05) is 0 Å². The molecule has 1 fully saturated rings. The van der Waals surface area contributed by atoms with Crippen molar-refractivity contribution >= 4 is 40.9 Å². The fourth-order valence-electron chi connectivity index (χ4n) is 4.30. The molecule has 3 rings (SSSR count). The zero-order chi connectivity index (χ0) is 29.8. The zero-order valence-corrected chi connectivity index (χ0v) is 23.2. The Kier molecular flexibility index (Phi) is 9.16. The number of alkyl halides is 3. The van der Waals surface area contributed by atoms with Gasteiger partial charge < -0.3 is 19.5 Å². The van der Waals surface area contributed by atoms with Crippen LogP contribution in [0.4, 0.5) is 28.9 Å². The van der Waals surface area contributed by atoms with Crippen LogP contribution in [0, 0.1) is 34.9 Å². The molecule has 1 amide bonds. The first-order chi connectivity index (χ1) is 18.7. The van der Waals surface area contributed by atoms with Crippen molar-refractivity contribution in [1.82, 2.24) is 9.88 Å². The van der Waals surface area contributed by atoms with Crippen LogP contribution in [0.5, 0.6) is 0 Å². The van der Waals surface area contributed by atoms with Gasteiger partial charge in [-0.1, -0.05) is 5.92 Å². The molecule has 2 heterocycles. The number of amides is 1. The molecule has 12 heteroatoms. The van der Waals surface area contributed by atoms with Crippen LogP contribution in [0.3, 0.4) is 0 Å². The van der Waals surface area contributed by atoms with Crippen LogP contribution in [-0.2, 0) is 15.8 Å². The lowest BCUT2D eigenvalue weighted by Crippen LogP contribution is -2.54. The van der Waals surface area contributed by atoms with Gasteiger partial charge >= 0.3 is 6.18 Å². The number of halogens is 4. The second kappa shape index (κ2) is 12.0. The highest BCUT2D eigenvalue weighted by molar-refractivity contribution is 7.80. The number of carbonyl (C=O) groups is 2. The molecule has 0 saturated carbocycles. The smallest absolute Gasteiger partial charge is 0.343 e. The van der Waals surface area contributed by atoms with Gasteiger partial charge in [0.05, 0.1) is 34.7 Å². The maximum absolute atomic E-state index is 15.1. The Labute approximate surface area is 235 Å². The molecule has 0 N–H and O–H groups in total. The molecule has 1 aliphatic heterocycles. The van der Waals surface area contributed by atoms with Gasteiger partial charge in [-0.3, -0.25) is 4.79 Å². The Morgan fingerprint density at radius 3 is 2.35 bits per heavy atom. The number of rotatable bonds is 4. The number of aromatic nitrogens is 1. The van der Waals surface area contributed by atoms with Crippen molar-refractivity contribution in [2.24, 2.45) is 5.92 Å². The van der Waals surface area contributed by atoms with E-state index in [0.29, 0.717) is 30.8 Å². The Morgan fingerprint density at radius 1 is 1.20 bits per heavy atom. The standard InChI is InChI=1S/C28H27F4N5O2S/c1-18(39)36-13-11-19(12-14-36)5-7-21-8-9-22(16-34-21)37(27(2,3)17-38)26(40)35(4)23-10-6-20(15-33)24(25(23)29)28(30,31)32/h6,8-10,16-17,19H,11-14H2,1-4H3. The molecule has 7 nitrogen and oxygen atoms in total. The Balaban J connectivity index is 1.90. The molecule has 0 spiro atoms. The quantitative estimate of drug-likeness (QED) is 0.222. The third kappa shape index (κ3) is 6.57. The van der Waals surface area contributed by atoms with Crippen LogP contribution in [-0.4, -0.2) is 52.9 Å². The molecule has 0 bridgehead atoms. The summed E-state index contributed by atoms with van der Waals surface area (Å²) < 4.78 is 55.7. The molecule has 1 aromatic carbocycles. The first kappa shape index (κ1) is 30.5. The first-order valence-corrected chi connectivity index (χ1v) is 12.7. The number of pyridine rings is 1. The summed E-state index contributed by atoms with van der Waals surface area (Å²) in [5, 5.41) is 8.88. The molecule has 1 saturated heterocycles. The molecule has 0 unspecified atom stereocenters. The number of hydrogen-bond donors (Lipinski definition) is 0. The van der Waals surface area contributed by atoms with E-state index in [2.05, 4.69) is 16.8 Å².